The number of fused-ring (bicyclic) bond motifs is 1. The highest BCUT2D eigenvalue weighted by atomic mass is 16.6. The van der Waals surface area contributed by atoms with Crippen molar-refractivity contribution >= 4 is 34.3 Å². The lowest BCUT2D eigenvalue weighted by molar-refractivity contribution is -0.384. The summed E-state index contributed by atoms with van der Waals surface area (Å²) in [4.78, 5) is 44.1. The summed E-state index contributed by atoms with van der Waals surface area (Å²) in [6.45, 7) is -0.0324. The van der Waals surface area contributed by atoms with Crippen LogP contribution in [-0.2, 0) is 23.8 Å². The molecule has 0 spiro atoms. The maximum Gasteiger partial charge on any atom is 0.355 e. The lowest BCUT2D eigenvalue weighted by Gasteiger charge is -2.31. The molecule has 1 aliphatic rings. The average molecular weight is 438 g/mol. The van der Waals surface area contributed by atoms with E-state index in [1.54, 1.807) is 30.3 Å². The zero-order valence-electron chi connectivity index (χ0n) is 17.2. The third kappa shape index (κ3) is 3.76. The van der Waals surface area contributed by atoms with Crippen LogP contribution < -0.4 is 4.90 Å². The van der Waals surface area contributed by atoms with E-state index in [2.05, 4.69) is 9.97 Å². The minimum Gasteiger partial charge on any atom is -0.466 e. The fourth-order valence-electron chi connectivity index (χ4n) is 3.39. The lowest BCUT2D eigenvalue weighted by Crippen LogP contribution is -2.38. The number of aromatic nitrogens is 2. The zero-order chi connectivity index (χ0) is 22.8. The van der Waals surface area contributed by atoms with Gasteiger partial charge < -0.3 is 24.1 Å². The van der Waals surface area contributed by atoms with Crippen LogP contribution in [0.25, 0.3) is 22.4 Å². The first kappa shape index (κ1) is 21.0. The second-order valence-corrected chi connectivity index (χ2v) is 6.81. The summed E-state index contributed by atoms with van der Waals surface area (Å²) in [6, 6.07) is 11.4. The van der Waals surface area contributed by atoms with Crippen LogP contribution in [0, 0.1) is 10.1 Å². The number of hydrogen-bond donors (Lipinski definition) is 1. The molecule has 2 heterocycles. The van der Waals surface area contributed by atoms with Crippen molar-refractivity contribution < 1.29 is 28.7 Å². The largest absolute Gasteiger partial charge is 0.466 e. The number of nitro benzene ring substituents is 1. The number of nitrogens with one attached hydrogen (secondary N) is 1. The van der Waals surface area contributed by atoms with Gasteiger partial charge in [0.05, 0.1) is 42.4 Å². The van der Waals surface area contributed by atoms with Crippen molar-refractivity contribution in [3.8, 4) is 11.4 Å². The van der Waals surface area contributed by atoms with Gasteiger partial charge in [0.25, 0.3) is 5.69 Å². The Morgan fingerprint density at radius 2 is 1.84 bits per heavy atom. The third-order valence-electron chi connectivity index (χ3n) is 4.96. The van der Waals surface area contributed by atoms with Gasteiger partial charge in [-0.3, -0.25) is 10.1 Å². The molecule has 3 aromatic rings. The molecule has 0 unspecified atom stereocenters. The Morgan fingerprint density at radius 1 is 1.12 bits per heavy atom. The van der Waals surface area contributed by atoms with Crippen LogP contribution in [0.3, 0.4) is 0 Å². The number of hydrogen-bond acceptors (Lipinski definition) is 9. The fourth-order valence-corrected chi connectivity index (χ4v) is 3.39. The van der Waals surface area contributed by atoms with Crippen molar-refractivity contribution in [2.45, 2.75) is 0 Å². The van der Waals surface area contributed by atoms with E-state index in [0.29, 0.717) is 22.5 Å². The fraction of sp³-hybridized carbons (Fsp3) is 0.190. The van der Waals surface area contributed by atoms with Crippen LogP contribution in [0.1, 0.15) is 0 Å². The van der Waals surface area contributed by atoms with E-state index in [1.807, 2.05) is 0 Å². The molecule has 0 radical (unpaired) electrons. The third-order valence-corrected chi connectivity index (χ3v) is 4.96. The van der Waals surface area contributed by atoms with Gasteiger partial charge in [0.1, 0.15) is 18.3 Å². The monoisotopic (exact) mass is 438 g/mol. The molecular formula is C21H18N4O7. The molecule has 32 heavy (non-hydrogen) atoms. The summed E-state index contributed by atoms with van der Waals surface area (Å²) in [6.07, 6.45) is 0. The predicted octanol–water partition coefficient (Wildman–Crippen LogP) is 2.53. The van der Waals surface area contributed by atoms with Gasteiger partial charge in [0.2, 0.25) is 0 Å². The van der Waals surface area contributed by atoms with Crippen molar-refractivity contribution in [1.29, 1.82) is 0 Å². The first-order chi connectivity index (χ1) is 15.4. The number of ether oxygens (including phenoxy) is 3. The number of nitro groups is 1. The Morgan fingerprint density at radius 3 is 2.50 bits per heavy atom. The maximum atomic E-state index is 12.4. The van der Waals surface area contributed by atoms with Gasteiger partial charge in [-0.1, -0.05) is 0 Å². The zero-order valence-corrected chi connectivity index (χ0v) is 17.2. The molecule has 0 amide bonds. The normalized spacial score (nSPS) is 13.9. The van der Waals surface area contributed by atoms with Gasteiger partial charge in [-0.05, 0) is 30.3 Å². The molecular weight excluding hydrogens is 420 g/mol. The van der Waals surface area contributed by atoms with E-state index in [0.717, 1.165) is 5.56 Å². The Kier molecular flexibility index (Phi) is 5.56. The van der Waals surface area contributed by atoms with Gasteiger partial charge in [-0.15, -0.1) is 0 Å². The highest BCUT2D eigenvalue weighted by molar-refractivity contribution is 6.03. The highest BCUT2D eigenvalue weighted by Gasteiger charge is 2.32. The van der Waals surface area contributed by atoms with Crippen LogP contribution in [0.5, 0.6) is 0 Å². The van der Waals surface area contributed by atoms with Crippen LogP contribution >= 0.6 is 0 Å². The summed E-state index contributed by atoms with van der Waals surface area (Å²) in [7, 11) is 2.45. The maximum absolute atomic E-state index is 12.4. The van der Waals surface area contributed by atoms with Gasteiger partial charge in [-0.25, -0.2) is 14.6 Å². The van der Waals surface area contributed by atoms with Gasteiger partial charge in [0, 0.05) is 23.4 Å². The lowest BCUT2D eigenvalue weighted by atomic mass is 10.1. The number of benzene rings is 2. The summed E-state index contributed by atoms with van der Waals surface area (Å²) in [5, 5.41) is 11.0. The van der Waals surface area contributed by atoms with Crippen molar-refractivity contribution in [1.82, 2.24) is 9.97 Å². The molecule has 4 rings (SSSR count). The number of methoxy groups -OCH3 is 2. The number of nitrogens with zero attached hydrogens (tertiary/aromatic N) is 3. The SMILES string of the molecule is COC(=O)C1=C(C(=O)OC)N(c2ccc(-c3nc4ccc([N+](=O)[O-])cc4[nH]3)cc2)COC1. The smallest absolute Gasteiger partial charge is 0.355 e. The molecule has 164 valence electrons. The molecule has 2 aromatic carbocycles. The van der Waals surface area contributed by atoms with E-state index in [-0.39, 0.29) is 30.3 Å². The minimum absolute atomic E-state index is 0.0308. The number of carbonyl (C=O) groups is 2. The number of aromatic amines is 1. The molecule has 0 bridgehead atoms. The molecule has 0 saturated heterocycles. The summed E-state index contributed by atoms with van der Waals surface area (Å²) < 4.78 is 15.1. The number of anilines is 1. The van der Waals surface area contributed by atoms with Crippen LogP contribution in [0.4, 0.5) is 11.4 Å². The highest BCUT2D eigenvalue weighted by Crippen LogP contribution is 2.29. The Balaban J connectivity index is 1.68. The van der Waals surface area contributed by atoms with E-state index >= 15 is 0 Å². The molecule has 0 fully saturated rings. The first-order valence-electron chi connectivity index (χ1n) is 9.42. The molecule has 1 aromatic heterocycles. The summed E-state index contributed by atoms with van der Waals surface area (Å²) >= 11 is 0. The second kappa shape index (κ2) is 8.47. The molecule has 11 heteroatoms. The molecule has 0 atom stereocenters. The van der Waals surface area contributed by atoms with Gasteiger partial charge in [0.15, 0.2) is 0 Å². The number of H-pyrrole nitrogens is 1. The van der Waals surface area contributed by atoms with Crippen molar-refractivity contribution in [3.63, 3.8) is 0 Å². The quantitative estimate of drug-likeness (QED) is 0.362. The van der Waals surface area contributed by atoms with Crippen LogP contribution in [0.15, 0.2) is 53.7 Å². The van der Waals surface area contributed by atoms with Gasteiger partial charge in [-0.2, -0.15) is 0 Å². The van der Waals surface area contributed by atoms with E-state index in [1.165, 1.54) is 31.3 Å². The standard InChI is InChI=1S/C21H18N4O7/c1-30-20(26)15-10-32-11-24(18(15)21(27)31-2)13-5-3-12(4-6-13)19-22-16-8-7-14(25(28)29)9-17(16)23-19/h3-9H,10-11H2,1-2H3,(H,22,23). The number of carbonyl (C=O) groups excluding carboxylic acids is 2. The first-order valence-corrected chi connectivity index (χ1v) is 9.42. The number of esters is 2. The average Bonchev–Trinajstić information content (AvgIpc) is 3.26. The van der Waals surface area contributed by atoms with E-state index in [4.69, 9.17) is 14.2 Å². The molecule has 11 nitrogen and oxygen atoms in total. The number of rotatable bonds is 5. The Hall–Kier alpha value is -4.25. The van der Waals surface area contributed by atoms with Crippen molar-refractivity contribution in [3.05, 3.63) is 63.8 Å². The second-order valence-electron chi connectivity index (χ2n) is 6.81. The molecule has 1 N–H and O–H groups in total. The summed E-state index contributed by atoms with van der Waals surface area (Å²) in [5.41, 5.74) is 2.53. The molecule has 0 aliphatic carbocycles. The van der Waals surface area contributed by atoms with Crippen molar-refractivity contribution in [2.75, 3.05) is 32.5 Å². The predicted molar refractivity (Wildman–Crippen MR) is 113 cm³/mol. The minimum atomic E-state index is -0.684. The molecule has 0 saturated carbocycles. The van der Waals surface area contributed by atoms with Crippen LogP contribution in [0.2, 0.25) is 0 Å². The number of non-ortho nitro benzene ring substituents is 1. The number of imidazole rings is 1. The Bertz CT molecular complexity index is 1250. The van der Waals surface area contributed by atoms with Crippen LogP contribution in [-0.4, -0.2) is 54.4 Å². The topological polar surface area (TPSA) is 137 Å². The van der Waals surface area contributed by atoms with Gasteiger partial charge >= 0.3 is 11.9 Å². The van der Waals surface area contributed by atoms with E-state index in [9.17, 15) is 19.7 Å². The summed E-state index contributed by atoms with van der Waals surface area (Å²) in [5.74, 6) is -0.833. The van der Waals surface area contributed by atoms with E-state index < -0.39 is 16.9 Å². The van der Waals surface area contributed by atoms with Crippen molar-refractivity contribution in [2.24, 2.45) is 0 Å². The molecule has 1 aliphatic heterocycles. The Labute approximate surface area is 181 Å².